The third-order valence-electron chi connectivity index (χ3n) is 2.59. The lowest BCUT2D eigenvalue weighted by molar-refractivity contribution is -0.141. The Kier molecular flexibility index (Phi) is 5.21. The predicted molar refractivity (Wildman–Crippen MR) is 57.1 cm³/mol. The molecule has 6 heteroatoms. The fourth-order valence-electron chi connectivity index (χ4n) is 1.67. The number of carbonyl (C=O) groups excluding carboxylic acids is 1. The molecule has 16 heavy (non-hydrogen) atoms. The maximum Gasteiger partial charge on any atom is 0.323 e. The normalized spacial score (nSPS) is 17.4. The van der Waals surface area contributed by atoms with Gasteiger partial charge in [0.05, 0.1) is 13.2 Å². The van der Waals surface area contributed by atoms with Gasteiger partial charge in [-0.05, 0) is 12.8 Å². The van der Waals surface area contributed by atoms with Gasteiger partial charge in [0.25, 0.3) is 0 Å². The molecule has 1 saturated heterocycles. The predicted octanol–water partition coefficient (Wildman–Crippen LogP) is -0.702. The Morgan fingerprint density at radius 2 is 2.06 bits per heavy atom. The van der Waals surface area contributed by atoms with Crippen LogP contribution in [-0.2, 0) is 14.3 Å². The monoisotopic (exact) mass is 230 g/mol. The van der Waals surface area contributed by atoms with Crippen molar-refractivity contribution in [3.05, 3.63) is 0 Å². The van der Waals surface area contributed by atoms with Gasteiger partial charge in [0.15, 0.2) is 0 Å². The van der Waals surface area contributed by atoms with Crippen LogP contribution in [0.5, 0.6) is 0 Å². The van der Waals surface area contributed by atoms with Gasteiger partial charge in [0.2, 0.25) is 5.91 Å². The van der Waals surface area contributed by atoms with Crippen LogP contribution in [0.4, 0.5) is 0 Å². The van der Waals surface area contributed by atoms with Gasteiger partial charge in [-0.25, -0.2) is 0 Å². The van der Waals surface area contributed by atoms with E-state index in [0.717, 1.165) is 25.9 Å². The van der Waals surface area contributed by atoms with Crippen molar-refractivity contribution in [3.63, 3.8) is 0 Å². The summed E-state index contributed by atoms with van der Waals surface area (Å²) >= 11 is 0. The highest BCUT2D eigenvalue weighted by Crippen LogP contribution is 2.06. The van der Waals surface area contributed by atoms with Gasteiger partial charge in [0.1, 0.15) is 6.04 Å². The largest absolute Gasteiger partial charge is 0.480 e. The Morgan fingerprint density at radius 3 is 2.56 bits per heavy atom. The third-order valence-corrected chi connectivity index (χ3v) is 2.59. The quantitative estimate of drug-likeness (QED) is 0.630. The summed E-state index contributed by atoms with van der Waals surface area (Å²) in [5, 5.41) is 11.5. The van der Waals surface area contributed by atoms with E-state index in [1.165, 1.54) is 7.11 Å². The molecule has 0 saturated carbocycles. The molecule has 1 heterocycles. The standard InChI is InChI=1S/C10H18N2O4/c1-16-7-8(10(14)15)11-6-9(13)12-4-2-3-5-12/h8,11H,2-7H2,1H3,(H,14,15). The number of ether oxygens (including phenoxy) is 1. The Bertz CT molecular complexity index is 251. The highest BCUT2D eigenvalue weighted by molar-refractivity contribution is 5.80. The second-order valence-corrected chi connectivity index (χ2v) is 3.81. The van der Waals surface area contributed by atoms with E-state index >= 15 is 0 Å². The number of hydrogen-bond donors (Lipinski definition) is 2. The van der Waals surface area contributed by atoms with Gasteiger partial charge >= 0.3 is 5.97 Å². The number of carboxylic acids is 1. The number of methoxy groups -OCH3 is 1. The molecule has 1 fully saturated rings. The van der Waals surface area contributed by atoms with Crippen molar-refractivity contribution in [2.75, 3.05) is 33.4 Å². The SMILES string of the molecule is COCC(NCC(=O)N1CCCC1)C(=O)O. The van der Waals surface area contributed by atoms with Crippen molar-refractivity contribution in [2.45, 2.75) is 18.9 Å². The summed E-state index contributed by atoms with van der Waals surface area (Å²) < 4.78 is 4.75. The number of carbonyl (C=O) groups is 2. The van der Waals surface area contributed by atoms with Crippen LogP contribution >= 0.6 is 0 Å². The Morgan fingerprint density at radius 1 is 1.44 bits per heavy atom. The maximum atomic E-state index is 11.6. The van der Waals surface area contributed by atoms with Gasteiger partial charge in [-0.3, -0.25) is 14.9 Å². The van der Waals surface area contributed by atoms with Crippen molar-refractivity contribution in [1.82, 2.24) is 10.2 Å². The average Bonchev–Trinajstić information content (AvgIpc) is 2.76. The number of carboxylic acid groups (broad SMARTS) is 1. The second-order valence-electron chi connectivity index (χ2n) is 3.81. The van der Waals surface area contributed by atoms with Gasteiger partial charge in [-0.2, -0.15) is 0 Å². The minimum Gasteiger partial charge on any atom is -0.480 e. The fraction of sp³-hybridized carbons (Fsp3) is 0.800. The number of likely N-dealkylation sites (tertiary alicyclic amines) is 1. The minimum atomic E-state index is -1.00. The molecule has 1 atom stereocenters. The Hall–Kier alpha value is -1.14. The molecule has 92 valence electrons. The van der Waals surface area contributed by atoms with Crippen LogP contribution in [0, 0.1) is 0 Å². The molecule has 1 aliphatic rings. The van der Waals surface area contributed by atoms with Crippen LogP contribution in [0.25, 0.3) is 0 Å². The van der Waals surface area contributed by atoms with Crippen LogP contribution in [0.1, 0.15) is 12.8 Å². The molecule has 2 N–H and O–H groups in total. The Labute approximate surface area is 94.6 Å². The van der Waals surface area contributed by atoms with Crippen LogP contribution in [0.15, 0.2) is 0 Å². The van der Waals surface area contributed by atoms with Crippen LogP contribution < -0.4 is 5.32 Å². The Balaban J connectivity index is 2.30. The highest BCUT2D eigenvalue weighted by Gasteiger charge is 2.21. The maximum absolute atomic E-state index is 11.6. The van der Waals surface area contributed by atoms with Gasteiger partial charge in [0, 0.05) is 20.2 Å². The summed E-state index contributed by atoms with van der Waals surface area (Å²) in [6.45, 7) is 1.67. The smallest absolute Gasteiger partial charge is 0.323 e. The van der Waals surface area contributed by atoms with E-state index in [0.29, 0.717) is 0 Å². The van der Waals surface area contributed by atoms with Crippen molar-refractivity contribution >= 4 is 11.9 Å². The number of hydrogen-bond acceptors (Lipinski definition) is 4. The molecular weight excluding hydrogens is 212 g/mol. The zero-order valence-corrected chi connectivity index (χ0v) is 9.44. The minimum absolute atomic E-state index is 0.0418. The first-order valence-corrected chi connectivity index (χ1v) is 5.38. The van der Waals surface area contributed by atoms with Gasteiger partial charge in [-0.1, -0.05) is 0 Å². The molecular formula is C10H18N2O4. The molecule has 0 bridgehead atoms. The van der Waals surface area contributed by atoms with Gasteiger partial charge < -0.3 is 14.7 Å². The molecule has 0 aromatic carbocycles. The lowest BCUT2D eigenvalue weighted by atomic mass is 10.3. The highest BCUT2D eigenvalue weighted by atomic mass is 16.5. The van der Waals surface area contributed by atoms with E-state index in [4.69, 9.17) is 9.84 Å². The van der Waals surface area contributed by atoms with Crippen LogP contribution in [-0.4, -0.2) is 61.3 Å². The number of amides is 1. The molecule has 0 aliphatic carbocycles. The summed E-state index contributed by atoms with van der Waals surface area (Å²) in [7, 11) is 1.43. The van der Waals surface area contributed by atoms with Crippen LogP contribution in [0.2, 0.25) is 0 Å². The molecule has 0 spiro atoms. The average molecular weight is 230 g/mol. The number of aliphatic carboxylic acids is 1. The summed E-state index contributed by atoms with van der Waals surface area (Å²) in [4.78, 5) is 24.1. The number of rotatable bonds is 6. The number of nitrogens with one attached hydrogen (secondary N) is 1. The summed E-state index contributed by atoms with van der Waals surface area (Å²) in [5.41, 5.74) is 0. The lowest BCUT2D eigenvalue weighted by Crippen LogP contribution is -2.46. The molecule has 1 rings (SSSR count). The first-order chi connectivity index (χ1) is 7.65. The number of nitrogens with zero attached hydrogens (tertiary/aromatic N) is 1. The zero-order chi connectivity index (χ0) is 12.0. The summed E-state index contributed by atoms with van der Waals surface area (Å²) in [6.07, 6.45) is 2.07. The molecule has 1 unspecified atom stereocenters. The van der Waals surface area contributed by atoms with Crippen molar-refractivity contribution in [1.29, 1.82) is 0 Å². The molecule has 0 aromatic rings. The summed E-state index contributed by atoms with van der Waals surface area (Å²) in [6, 6.07) is -0.823. The summed E-state index contributed by atoms with van der Waals surface area (Å²) in [5.74, 6) is -1.05. The van der Waals surface area contributed by atoms with Crippen molar-refractivity contribution in [3.8, 4) is 0 Å². The van der Waals surface area contributed by atoms with E-state index in [2.05, 4.69) is 5.32 Å². The lowest BCUT2D eigenvalue weighted by Gasteiger charge is -2.18. The van der Waals surface area contributed by atoms with E-state index in [-0.39, 0.29) is 19.1 Å². The van der Waals surface area contributed by atoms with E-state index in [1.54, 1.807) is 4.90 Å². The second kappa shape index (κ2) is 6.44. The molecule has 6 nitrogen and oxygen atoms in total. The molecule has 1 amide bonds. The van der Waals surface area contributed by atoms with E-state index < -0.39 is 12.0 Å². The first kappa shape index (κ1) is 12.9. The zero-order valence-electron chi connectivity index (χ0n) is 9.44. The van der Waals surface area contributed by atoms with E-state index in [1.807, 2.05) is 0 Å². The van der Waals surface area contributed by atoms with Gasteiger partial charge in [-0.15, -0.1) is 0 Å². The van der Waals surface area contributed by atoms with E-state index in [9.17, 15) is 9.59 Å². The topological polar surface area (TPSA) is 78.9 Å². The molecule has 1 aliphatic heterocycles. The molecule has 0 radical (unpaired) electrons. The van der Waals surface area contributed by atoms with Crippen molar-refractivity contribution < 1.29 is 19.4 Å². The first-order valence-electron chi connectivity index (χ1n) is 5.38. The molecule has 0 aromatic heterocycles. The fourth-order valence-corrected chi connectivity index (χ4v) is 1.67. The third kappa shape index (κ3) is 3.79. The van der Waals surface area contributed by atoms with Crippen LogP contribution in [0.3, 0.4) is 0 Å². The van der Waals surface area contributed by atoms with Crippen molar-refractivity contribution in [2.24, 2.45) is 0 Å².